The van der Waals surface area contributed by atoms with E-state index < -0.39 is 0 Å². The Morgan fingerprint density at radius 3 is 2.94 bits per heavy atom. The first kappa shape index (κ1) is 12.1. The molecule has 1 saturated carbocycles. The summed E-state index contributed by atoms with van der Waals surface area (Å²) < 4.78 is 6.76. The molecule has 1 fully saturated rings. The lowest BCUT2D eigenvalue weighted by Gasteiger charge is -2.14. The maximum Gasteiger partial charge on any atom is 0.251 e. The molecule has 0 aliphatic heterocycles. The number of methoxy groups -OCH3 is 1. The van der Waals surface area contributed by atoms with Crippen LogP contribution in [0, 0.1) is 6.92 Å². The molecule has 2 rings (SSSR count). The van der Waals surface area contributed by atoms with Crippen molar-refractivity contribution in [3.63, 3.8) is 0 Å². The number of nitrogens with zero attached hydrogens (tertiary/aromatic N) is 2. The van der Waals surface area contributed by atoms with Crippen LogP contribution in [0.3, 0.4) is 0 Å². The van der Waals surface area contributed by atoms with Crippen LogP contribution in [0.1, 0.15) is 37.4 Å². The molecule has 1 aromatic heterocycles. The molecule has 0 bridgehead atoms. The minimum atomic E-state index is -0.133. The third-order valence-electron chi connectivity index (χ3n) is 3.07. The van der Waals surface area contributed by atoms with E-state index in [4.69, 9.17) is 4.74 Å². The summed E-state index contributed by atoms with van der Waals surface area (Å²) in [5.41, 5.74) is 0.935. The topological polar surface area (TPSA) is 56.1 Å². The zero-order chi connectivity index (χ0) is 12.3. The Bertz CT molecular complexity index is 394. The van der Waals surface area contributed by atoms with E-state index >= 15 is 0 Å². The van der Waals surface area contributed by atoms with Gasteiger partial charge in [-0.05, 0) is 19.8 Å². The lowest BCUT2D eigenvalue weighted by atomic mass is 10.2. The van der Waals surface area contributed by atoms with Crippen molar-refractivity contribution >= 4 is 11.7 Å². The Labute approximate surface area is 101 Å². The Hall–Kier alpha value is -1.36. The first-order valence-corrected chi connectivity index (χ1v) is 6.05. The minimum Gasteiger partial charge on any atom is -0.375 e. The van der Waals surface area contributed by atoms with Gasteiger partial charge >= 0.3 is 0 Å². The van der Waals surface area contributed by atoms with E-state index in [1.54, 1.807) is 0 Å². The average Bonchev–Trinajstić information content (AvgIpc) is 2.87. The van der Waals surface area contributed by atoms with E-state index in [0.29, 0.717) is 6.04 Å². The van der Waals surface area contributed by atoms with E-state index in [1.165, 1.54) is 20.0 Å². The fraction of sp³-hybridized carbons (Fsp3) is 0.667. The molecule has 1 heterocycles. The lowest BCUT2D eigenvalue weighted by molar-refractivity contribution is -0.119. The summed E-state index contributed by atoms with van der Waals surface area (Å²) in [7, 11) is 1.51. The number of aromatic nitrogens is 2. The van der Waals surface area contributed by atoms with Gasteiger partial charge in [0.05, 0.1) is 11.7 Å². The summed E-state index contributed by atoms with van der Waals surface area (Å²) >= 11 is 0. The summed E-state index contributed by atoms with van der Waals surface area (Å²) in [5, 5.41) is 7.31. The molecule has 94 valence electrons. The first-order chi connectivity index (χ1) is 8.20. The van der Waals surface area contributed by atoms with Crippen LogP contribution in [0.4, 0.5) is 5.82 Å². The second kappa shape index (κ2) is 5.31. The molecule has 5 heteroatoms. The molecule has 1 aromatic rings. The van der Waals surface area contributed by atoms with Crippen molar-refractivity contribution in [2.24, 2.45) is 0 Å². The fourth-order valence-corrected chi connectivity index (χ4v) is 2.35. The van der Waals surface area contributed by atoms with Gasteiger partial charge in [-0.3, -0.25) is 4.79 Å². The minimum absolute atomic E-state index is 0.0783. The molecule has 0 unspecified atom stereocenters. The van der Waals surface area contributed by atoms with Gasteiger partial charge in [0.15, 0.2) is 0 Å². The van der Waals surface area contributed by atoms with Gasteiger partial charge in [0.25, 0.3) is 5.91 Å². The molecule has 0 spiro atoms. The zero-order valence-corrected chi connectivity index (χ0v) is 10.4. The van der Waals surface area contributed by atoms with Crippen LogP contribution in [0.5, 0.6) is 0 Å². The van der Waals surface area contributed by atoms with Crippen molar-refractivity contribution in [3.8, 4) is 0 Å². The standard InChI is InChI=1S/C12H19N3O2/c1-9-7-11(13-12(16)8-17-2)15(14-9)10-5-3-4-6-10/h7,10H,3-6,8H2,1-2H3,(H,13,16). The molecular formula is C12H19N3O2. The highest BCUT2D eigenvalue weighted by Gasteiger charge is 2.21. The van der Waals surface area contributed by atoms with Crippen molar-refractivity contribution in [1.29, 1.82) is 0 Å². The fourth-order valence-electron chi connectivity index (χ4n) is 2.35. The number of aryl methyl sites for hydroxylation is 1. The SMILES string of the molecule is COCC(=O)Nc1cc(C)nn1C1CCCC1. The third-order valence-corrected chi connectivity index (χ3v) is 3.07. The van der Waals surface area contributed by atoms with Crippen LogP contribution in [-0.2, 0) is 9.53 Å². The van der Waals surface area contributed by atoms with Gasteiger partial charge in [0, 0.05) is 13.2 Å². The zero-order valence-electron chi connectivity index (χ0n) is 10.4. The monoisotopic (exact) mass is 237 g/mol. The van der Waals surface area contributed by atoms with Gasteiger partial charge < -0.3 is 10.1 Å². The Morgan fingerprint density at radius 1 is 1.59 bits per heavy atom. The summed E-state index contributed by atoms with van der Waals surface area (Å²) in [6.45, 7) is 2.02. The number of carbonyl (C=O) groups is 1. The molecule has 1 amide bonds. The molecule has 1 N–H and O–H groups in total. The van der Waals surface area contributed by atoms with Crippen LogP contribution in [0.15, 0.2) is 6.07 Å². The van der Waals surface area contributed by atoms with Crippen LogP contribution in [0.25, 0.3) is 0 Å². The average molecular weight is 237 g/mol. The maximum atomic E-state index is 11.5. The highest BCUT2D eigenvalue weighted by Crippen LogP contribution is 2.31. The lowest BCUT2D eigenvalue weighted by Crippen LogP contribution is -2.20. The molecule has 5 nitrogen and oxygen atoms in total. The highest BCUT2D eigenvalue weighted by molar-refractivity contribution is 5.90. The van der Waals surface area contributed by atoms with Gasteiger partial charge in [0.1, 0.15) is 12.4 Å². The number of hydrogen-bond donors (Lipinski definition) is 1. The Morgan fingerprint density at radius 2 is 2.29 bits per heavy atom. The van der Waals surface area contributed by atoms with Gasteiger partial charge in [-0.15, -0.1) is 0 Å². The summed E-state index contributed by atoms with van der Waals surface area (Å²) in [6, 6.07) is 2.34. The predicted octanol–water partition coefficient (Wildman–Crippen LogP) is 1.89. The van der Waals surface area contributed by atoms with Crippen molar-refractivity contribution < 1.29 is 9.53 Å². The number of anilines is 1. The quantitative estimate of drug-likeness (QED) is 0.870. The van der Waals surface area contributed by atoms with Crippen molar-refractivity contribution in [3.05, 3.63) is 11.8 Å². The number of amides is 1. The number of nitrogens with one attached hydrogen (secondary N) is 1. The van der Waals surface area contributed by atoms with E-state index in [0.717, 1.165) is 24.4 Å². The van der Waals surface area contributed by atoms with E-state index in [-0.39, 0.29) is 12.5 Å². The van der Waals surface area contributed by atoms with Gasteiger partial charge in [0.2, 0.25) is 0 Å². The molecule has 0 aromatic carbocycles. The van der Waals surface area contributed by atoms with E-state index in [2.05, 4.69) is 10.4 Å². The molecule has 17 heavy (non-hydrogen) atoms. The number of rotatable bonds is 4. The second-order valence-electron chi connectivity index (χ2n) is 4.53. The molecular weight excluding hydrogens is 218 g/mol. The van der Waals surface area contributed by atoms with Gasteiger partial charge in [-0.2, -0.15) is 5.10 Å². The van der Waals surface area contributed by atoms with Crippen LogP contribution in [0.2, 0.25) is 0 Å². The van der Waals surface area contributed by atoms with Gasteiger partial charge in [-0.25, -0.2) is 4.68 Å². The van der Waals surface area contributed by atoms with Crippen LogP contribution in [-0.4, -0.2) is 29.4 Å². The van der Waals surface area contributed by atoms with Crippen LogP contribution < -0.4 is 5.32 Å². The number of hydrogen-bond acceptors (Lipinski definition) is 3. The largest absolute Gasteiger partial charge is 0.375 e. The molecule has 0 atom stereocenters. The normalized spacial score (nSPS) is 16.4. The molecule has 1 aliphatic carbocycles. The summed E-state index contributed by atoms with van der Waals surface area (Å²) in [6.07, 6.45) is 4.78. The van der Waals surface area contributed by atoms with Crippen molar-refractivity contribution in [1.82, 2.24) is 9.78 Å². The Kier molecular flexibility index (Phi) is 3.78. The van der Waals surface area contributed by atoms with Gasteiger partial charge in [-0.1, -0.05) is 12.8 Å². The first-order valence-electron chi connectivity index (χ1n) is 6.05. The number of ether oxygens (including phenoxy) is 1. The number of carbonyl (C=O) groups excluding carboxylic acids is 1. The molecule has 0 saturated heterocycles. The Balaban J connectivity index is 2.12. The smallest absolute Gasteiger partial charge is 0.251 e. The van der Waals surface area contributed by atoms with E-state index in [1.807, 2.05) is 17.7 Å². The molecule has 1 aliphatic rings. The van der Waals surface area contributed by atoms with Crippen molar-refractivity contribution in [2.45, 2.75) is 38.6 Å². The van der Waals surface area contributed by atoms with Crippen molar-refractivity contribution in [2.75, 3.05) is 19.0 Å². The second-order valence-corrected chi connectivity index (χ2v) is 4.53. The molecule has 0 radical (unpaired) electrons. The summed E-state index contributed by atoms with van der Waals surface area (Å²) in [4.78, 5) is 11.5. The summed E-state index contributed by atoms with van der Waals surface area (Å²) in [5.74, 6) is 0.656. The van der Waals surface area contributed by atoms with E-state index in [9.17, 15) is 4.79 Å². The predicted molar refractivity (Wildman–Crippen MR) is 65.0 cm³/mol. The highest BCUT2D eigenvalue weighted by atomic mass is 16.5. The maximum absolute atomic E-state index is 11.5. The third kappa shape index (κ3) is 2.85. The van der Waals surface area contributed by atoms with Crippen LogP contribution >= 0.6 is 0 Å².